The lowest BCUT2D eigenvalue weighted by Gasteiger charge is -2.03. The first kappa shape index (κ1) is 12.2. The smallest absolute Gasteiger partial charge is 0.310 e. The first-order valence-electron chi connectivity index (χ1n) is 4.97. The highest BCUT2D eigenvalue weighted by Crippen LogP contribution is 2.09. The van der Waals surface area contributed by atoms with Gasteiger partial charge in [-0.2, -0.15) is 0 Å². The molecule has 0 amide bonds. The van der Waals surface area contributed by atoms with E-state index in [9.17, 15) is 4.79 Å². The number of ether oxygens (including phenoxy) is 1. The summed E-state index contributed by atoms with van der Waals surface area (Å²) in [6.45, 7) is 7.75. The Hall–Kier alpha value is -0.790. The minimum absolute atomic E-state index is 0.167. The van der Waals surface area contributed by atoms with Gasteiger partial charge in [-0.05, 0) is 12.3 Å². The summed E-state index contributed by atoms with van der Waals surface area (Å²) < 4.78 is 4.59. The Bertz CT molecular complexity index is 150. The fourth-order valence-corrected chi connectivity index (χ4v) is 1.15. The molecule has 0 heterocycles. The van der Waals surface area contributed by atoms with Crippen LogP contribution in [0.5, 0.6) is 0 Å². The van der Waals surface area contributed by atoms with E-state index in [4.69, 9.17) is 0 Å². The minimum Gasteiger partial charge on any atom is -0.435 e. The van der Waals surface area contributed by atoms with E-state index in [1.54, 1.807) is 0 Å². The van der Waals surface area contributed by atoms with Crippen molar-refractivity contribution < 1.29 is 9.53 Å². The highest BCUT2D eigenvalue weighted by Gasteiger charge is 2.00. The van der Waals surface area contributed by atoms with Crippen molar-refractivity contribution in [3.63, 3.8) is 0 Å². The van der Waals surface area contributed by atoms with Crippen molar-refractivity contribution in [1.82, 2.24) is 0 Å². The van der Waals surface area contributed by atoms with Gasteiger partial charge in [-0.3, -0.25) is 4.79 Å². The molecule has 0 rings (SSSR count). The molecule has 0 spiro atoms. The summed E-state index contributed by atoms with van der Waals surface area (Å²) >= 11 is 0. The van der Waals surface area contributed by atoms with Gasteiger partial charge in [-0.25, -0.2) is 0 Å². The van der Waals surface area contributed by atoms with Gasteiger partial charge >= 0.3 is 5.97 Å². The molecule has 2 nitrogen and oxygen atoms in total. The molecule has 0 radical (unpaired) electrons. The molecular weight excluding hydrogens is 164 g/mol. The number of carbonyl (C=O) groups excluding carboxylic acids is 1. The zero-order valence-corrected chi connectivity index (χ0v) is 8.71. The number of hydrogen-bond acceptors (Lipinski definition) is 2. The van der Waals surface area contributed by atoms with Crippen LogP contribution in [0.25, 0.3) is 0 Å². The first-order chi connectivity index (χ1) is 6.16. The standard InChI is InChI=1S/C11H20O2/c1-4-13-11(12)9-7-5-6-8-10(2)3/h4,10H,1,5-9H2,2-3H3. The average molecular weight is 184 g/mol. The maximum absolute atomic E-state index is 10.8. The van der Waals surface area contributed by atoms with Gasteiger partial charge in [0.15, 0.2) is 0 Å². The molecule has 0 atom stereocenters. The van der Waals surface area contributed by atoms with Crippen LogP contribution in [0.4, 0.5) is 0 Å². The Kier molecular flexibility index (Phi) is 7.36. The van der Waals surface area contributed by atoms with Crippen LogP contribution in [0.2, 0.25) is 0 Å². The van der Waals surface area contributed by atoms with Crippen molar-refractivity contribution in [2.75, 3.05) is 0 Å². The highest BCUT2D eigenvalue weighted by molar-refractivity contribution is 5.69. The fourth-order valence-electron chi connectivity index (χ4n) is 1.15. The largest absolute Gasteiger partial charge is 0.435 e. The molecule has 76 valence electrons. The van der Waals surface area contributed by atoms with Crippen LogP contribution in [0.3, 0.4) is 0 Å². The molecule has 0 fully saturated rings. The van der Waals surface area contributed by atoms with Crippen LogP contribution in [0, 0.1) is 5.92 Å². The SMILES string of the molecule is C=COC(=O)CCCCCC(C)C. The molecule has 0 aromatic carbocycles. The third-order valence-electron chi connectivity index (χ3n) is 1.88. The van der Waals surface area contributed by atoms with Gasteiger partial charge in [0.25, 0.3) is 0 Å². The third kappa shape index (κ3) is 9.12. The van der Waals surface area contributed by atoms with Crippen LogP contribution >= 0.6 is 0 Å². The van der Waals surface area contributed by atoms with E-state index in [2.05, 4.69) is 25.2 Å². The Balaban J connectivity index is 3.16. The molecular formula is C11H20O2. The number of hydrogen-bond donors (Lipinski definition) is 0. The lowest BCUT2D eigenvalue weighted by atomic mass is 10.0. The van der Waals surface area contributed by atoms with Gasteiger partial charge in [0.05, 0.1) is 6.26 Å². The van der Waals surface area contributed by atoms with Crippen LogP contribution in [-0.2, 0) is 9.53 Å². The lowest BCUT2D eigenvalue weighted by molar-refractivity contribution is -0.138. The molecule has 13 heavy (non-hydrogen) atoms. The van der Waals surface area contributed by atoms with Crippen LogP contribution < -0.4 is 0 Å². The number of esters is 1. The van der Waals surface area contributed by atoms with Crippen molar-refractivity contribution in [3.8, 4) is 0 Å². The number of unbranched alkanes of at least 4 members (excludes halogenated alkanes) is 2. The van der Waals surface area contributed by atoms with Crippen molar-refractivity contribution in [2.45, 2.75) is 46.0 Å². The van der Waals surface area contributed by atoms with Gasteiger partial charge in [-0.1, -0.05) is 39.7 Å². The van der Waals surface area contributed by atoms with Gasteiger partial charge in [0.2, 0.25) is 0 Å². The monoisotopic (exact) mass is 184 g/mol. The summed E-state index contributed by atoms with van der Waals surface area (Å²) in [5, 5.41) is 0. The van der Waals surface area contributed by atoms with Crippen molar-refractivity contribution in [1.29, 1.82) is 0 Å². The second-order valence-electron chi connectivity index (χ2n) is 3.65. The first-order valence-corrected chi connectivity index (χ1v) is 4.97. The van der Waals surface area contributed by atoms with E-state index in [1.807, 2.05) is 0 Å². The minimum atomic E-state index is -0.167. The Morgan fingerprint density at radius 2 is 2.08 bits per heavy atom. The quantitative estimate of drug-likeness (QED) is 0.345. The Morgan fingerprint density at radius 3 is 2.62 bits per heavy atom. The molecule has 0 aliphatic heterocycles. The normalized spacial score (nSPS) is 10.1. The zero-order valence-electron chi connectivity index (χ0n) is 8.71. The van der Waals surface area contributed by atoms with E-state index >= 15 is 0 Å². The molecule has 0 aromatic rings. The lowest BCUT2D eigenvalue weighted by Crippen LogP contribution is -1.98. The average Bonchev–Trinajstić information content (AvgIpc) is 2.03. The van der Waals surface area contributed by atoms with E-state index < -0.39 is 0 Å². The molecule has 2 heteroatoms. The maximum atomic E-state index is 10.8. The summed E-state index contributed by atoms with van der Waals surface area (Å²) in [6, 6.07) is 0. The molecule has 0 saturated carbocycles. The maximum Gasteiger partial charge on any atom is 0.310 e. The van der Waals surface area contributed by atoms with Crippen molar-refractivity contribution >= 4 is 5.97 Å². The number of carbonyl (C=O) groups is 1. The van der Waals surface area contributed by atoms with Crippen LogP contribution in [-0.4, -0.2) is 5.97 Å². The molecule has 0 aliphatic carbocycles. The van der Waals surface area contributed by atoms with Crippen LogP contribution in [0.1, 0.15) is 46.0 Å². The van der Waals surface area contributed by atoms with Gasteiger partial charge in [0.1, 0.15) is 0 Å². The summed E-state index contributed by atoms with van der Waals surface area (Å²) in [4.78, 5) is 10.8. The second kappa shape index (κ2) is 7.84. The number of rotatable bonds is 7. The molecule has 0 saturated heterocycles. The fraction of sp³-hybridized carbons (Fsp3) is 0.727. The molecule has 0 unspecified atom stereocenters. The Morgan fingerprint density at radius 1 is 1.38 bits per heavy atom. The molecule has 0 aromatic heterocycles. The molecule has 0 bridgehead atoms. The molecule has 0 aliphatic rings. The summed E-state index contributed by atoms with van der Waals surface area (Å²) in [6.07, 6.45) is 6.21. The van der Waals surface area contributed by atoms with Crippen molar-refractivity contribution in [2.24, 2.45) is 5.92 Å². The summed E-state index contributed by atoms with van der Waals surface area (Å²) in [5.41, 5.74) is 0. The highest BCUT2D eigenvalue weighted by atomic mass is 16.5. The Labute approximate surface area is 81.0 Å². The molecule has 0 N–H and O–H groups in total. The third-order valence-corrected chi connectivity index (χ3v) is 1.88. The predicted octanol–water partition coefficient (Wildman–Crippen LogP) is 3.28. The summed E-state index contributed by atoms with van der Waals surface area (Å²) in [5.74, 6) is 0.597. The van der Waals surface area contributed by atoms with Crippen LogP contribution in [0.15, 0.2) is 12.8 Å². The van der Waals surface area contributed by atoms with Crippen molar-refractivity contribution in [3.05, 3.63) is 12.8 Å². The predicted molar refractivity (Wildman–Crippen MR) is 54.2 cm³/mol. The summed E-state index contributed by atoms with van der Waals surface area (Å²) in [7, 11) is 0. The van der Waals surface area contributed by atoms with E-state index in [-0.39, 0.29) is 5.97 Å². The van der Waals surface area contributed by atoms with Gasteiger partial charge in [-0.15, -0.1) is 0 Å². The van der Waals surface area contributed by atoms with E-state index in [0.717, 1.165) is 18.8 Å². The zero-order chi connectivity index (χ0) is 10.1. The van der Waals surface area contributed by atoms with Gasteiger partial charge in [0, 0.05) is 6.42 Å². The topological polar surface area (TPSA) is 26.3 Å². The van der Waals surface area contributed by atoms with E-state index in [0.29, 0.717) is 6.42 Å². The van der Waals surface area contributed by atoms with Gasteiger partial charge < -0.3 is 4.74 Å². The second-order valence-corrected chi connectivity index (χ2v) is 3.65. The van der Waals surface area contributed by atoms with E-state index in [1.165, 1.54) is 19.1 Å².